The van der Waals surface area contributed by atoms with Gasteiger partial charge in [0.15, 0.2) is 11.4 Å². The molecule has 0 spiro atoms. The van der Waals surface area contributed by atoms with E-state index in [1.54, 1.807) is 15.9 Å². The van der Waals surface area contributed by atoms with E-state index in [4.69, 9.17) is 9.52 Å². The third kappa shape index (κ3) is 6.62. The molecular formula is C27H29F4N5O5S. The zero-order valence-corrected chi connectivity index (χ0v) is 23.2. The van der Waals surface area contributed by atoms with Crippen molar-refractivity contribution in [1.29, 1.82) is 0 Å². The molecule has 10 nitrogen and oxygen atoms in total. The largest absolute Gasteiger partial charge is 0.460 e. The molecule has 0 saturated carbocycles. The standard InChI is InChI=1S/C27H29F4N5O5S/c28-24(29)17-3-8-35(9-4-17)22-16-19(34-42(39,40)14-12-37)1-2-20(22)33-26(38)21-15-18-5-13-41-23(18)25(32-21)36-10-6-27(30,31)7-11-36/h1-2,5,13,15-16,34,37H,3-4,6-12,14H2,(H,33,38). The molecule has 5 rings (SSSR count). The van der Waals surface area contributed by atoms with Crippen LogP contribution < -0.4 is 19.8 Å². The van der Waals surface area contributed by atoms with Gasteiger partial charge in [0, 0.05) is 44.4 Å². The van der Waals surface area contributed by atoms with E-state index in [0.29, 0.717) is 16.7 Å². The number of carbonyl (C=O) groups excluding carboxylic acids is 1. The van der Waals surface area contributed by atoms with E-state index in [1.165, 1.54) is 30.5 Å². The van der Waals surface area contributed by atoms with Crippen molar-refractivity contribution < 1.29 is 40.3 Å². The second-order valence-corrected chi connectivity index (χ2v) is 12.0. The minimum atomic E-state index is -3.85. The Kier molecular flexibility index (Phi) is 8.32. The molecule has 1 aromatic carbocycles. The lowest BCUT2D eigenvalue weighted by Crippen LogP contribution is -2.40. The molecule has 2 aromatic heterocycles. The van der Waals surface area contributed by atoms with Gasteiger partial charge < -0.3 is 24.6 Å². The number of pyridine rings is 1. The van der Waals surface area contributed by atoms with Crippen LogP contribution >= 0.6 is 0 Å². The zero-order valence-electron chi connectivity index (χ0n) is 22.4. The summed E-state index contributed by atoms with van der Waals surface area (Å²) in [6, 6.07) is 7.54. The summed E-state index contributed by atoms with van der Waals surface area (Å²) in [7, 11) is -3.85. The Hall–Kier alpha value is -3.85. The summed E-state index contributed by atoms with van der Waals surface area (Å²) in [6.45, 7) is -0.119. The summed E-state index contributed by atoms with van der Waals surface area (Å²) in [4.78, 5) is 21.4. The van der Waals surface area contributed by atoms with Gasteiger partial charge in [-0.05, 0) is 48.7 Å². The molecule has 2 aliphatic rings. The van der Waals surface area contributed by atoms with Gasteiger partial charge >= 0.3 is 0 Å². The van der Waals surface area contributed by atoms with Gasteiger partial charge in [-0.15, -0.1) is 0 Å². The van der Waals surface area contributed by atoms with Gasteiger partial charge in [-0.25, -0.2) is 22.2 Å². The predicted octanol–water partition coefficient (Wildman–Crippen LogP) is 4.80. The first-order valence-corrected chi connectivity index (χ1v) is 15.0. The van der Waals surface area contributed by atoms with Crippen molar-refractivity contribution in [1.82, 2.24) is 4.98 Å². The molecule has 2 fully saturated rings. The molecule has 1 amide bonds. The van der Waals surface area contributed by atoms with Crippen LogP contribution in [0.15, 0.2) is 52.7 Å². The van der Waals surface area contributed by atoms with Crippen molar-refractivity contribution in [3.8, 4) is 0 Å². The Morgan fingerprint density at radius 2 is 1.76 bits per heavy atom. The van der Waals surface area contributed by atoms with E-state index in [9.17, 15) is 30.8 Å². The van der Waals surface area contributed by atoms with Crippen molar-refractivity contribution in [2.24, 2.45) is 0 Å². The number of nitrogens with zero attached hydrogens (tertiary/aromatic N) is 3. The number of aliphatic hydroxyl groups is 1. The number of aromatic nitrogens is 1. The maximum absolute atomic E-state index is 13.8. The number of furan rings is 1. The number of rotatable bonds is 8. The molecule has 3 N–H and O–H groups in total. The lowest BCUT2D eigenvalue weighted by molar-refractivity contribution is -0.0221. The van der Waals surface area contributed by atoms with Gasteiger partial charge in [-0.3, -0.25) is 9.52 Å². The second kappa shape index (κ2) is 11.8. The molecule has 15 heteroatoms. The van der Waals surface area contributed by atoms with Crippen LogP contribution in [0.1, 0.15) is 36.2 Å². The number of carbonyl (C=O) groups is 1. The van der Waals surface area contributed by atoms with E-state index in [0.717, 1.165) is 0 Å². The first-order chi connectivity index (χ1) is 19.9. The van der Waals surface area contributed by atoms with Gasteiger partial charge in [0.05, 0.1) is 35.7 Å². The summed E-state index contributed by atoms with van der Waals surface area (Å²) < 4.78 is 86.2. The van der Waals surface area contributed by atoms with Crippen LogP contribution in [0.5, 0.6) is 0 Å². The van der Waals surface area contributed by atoms with E-state index in [-0.39, 0.29) is 80.3 Å². The Morgan fingerprint density at radius 1 is 1.05 bits per heavy atom. The van der Waals surface area contributed by atoms with Gasteiger partial charge in [-0.1, -0.05) is 0 Å². The number of piperidine rings is 2. The molecule has 0 bridgehead atoms. The van der Waals surface area contributed by atoms with E-state index < -0.39 is 40.3 Å². The fourth-order valence-corrected chi connectivity index (χ4v) is 5.87. The van der Waals surface area contributed by atoms with Crippen molar-refractivity contribution in [3.05, 3.63) is 53.9 Å². The maximum Gasteiger partial charge on any atom is 0.274 e. The first kappa shape index (κ1) is 29.6. The average molecular weight is 612 g/mol. The molecule has 226 valence electrons. The summed E-state index contributed by atoms with van der Waals surface area (Å²) in [5.74, 6) is -3.64. The Bertz CT molecular complexity index is 1600. The molecule has 0 atom stereocenters. The van der Waals surface area contributed by atoms with Crippen LogP contribution in [-0.4, -0.2) is 68.9 Å². The Labute approximate surface area is 239 Å². The third-order valence-electron chi connectivity index (χ3n) is 7.30. The van der Waals surface area contributed by atoms with Crippen LogP contribution in [0.3, 0.4) is 0 Å². The molecule has 2 saturated heterocycles. The van der Waals surface area contributed by atoms with Gasteiger partial charge in [0.2, 0.25) is 10.0 Å². The van der Waals surface area contributed by atoms with E-state index in [2.05, 4.69) is 15.0 Å². The quantitative estimate of drug-likeness (QED) is 0.310. The predicted molar refractivity (Wildman–Crippen MR) is 150 cm³/mol. The number of hydrogen-bond acceptors (Lipinski definition) is 8. The first-order valence-electron chi connectivity index (χ1n) is 13.3. The van der Waals surface area contributed by atoms with Gasteiger partial charge in [0.25, 0.3) is 17.9 Å². The number of halogens is 4. The molecule has 42 heavy (non-hydrogen) atoms. The maximum atomic E-state index is 13.8. The summed E-state index contributed by atoms with van der Waals surface area (Å²) >= 11 is 0. The molecule has 4 heterocycles. The van der Waals surface area contributed by atoms with Gasteiger partial charge in [0.1, 0.15) is 5.69 Å². The van der Waals surface area contributed by atoms with E-state index in [1.807, 2.05) is 0 Å². The highest BCUT2D eigenvalue weighted by atomic mass is 32.2. The van der Waals surface area contributed by atoms with Crippen molar-refractivity contribution >= 4 is 49.8 Å². The lowest BCUT2D eigenvalue weighted by atomic mass is 10.0. The summed E-state index contributed by atoms with van der Waals surface area (Å²) in [6.07, 6.45) is -0.832. The normalized spacial score (nSPS) is 17.4. The molecule has 0 unspecified atom stereocenters. The van der Waals surface area contributed by atoms with Crippen LogP contribution in [0.4, 0.5) is 40.4 Å². The number of alkyl halides is 2. The number of aliphatic hydroxyl groups excluding tert-OH is 1. The number of benzene rings is 1. The van der Waals surface area contributed by atoms with Crippen molar-refractivity contribution in [2.45, 2.75) is 31.6 Å². The van der Waals surface area contributed by atoms with Gasteiger partial charge in [-0.2, -0.15) is 8.78 Å². The number of amides is 1. The van der Waals surface area contributed by atoms with Crippen LogP contribution in [0.25, 0.3) is 11.0 Å². The Balaban J connectivity index is 1.45. The number of sulfonamides is 1. The van der Waals surface area contributed by atoms with Crippen LogP contribution in [-0.2, 0) is 10.0 Å². The topological polar surface area (TPSA) is 128 Å². The number of nitrogens with one attached hydrogen (secondary N) is 2. The second-order valence-electron chi connectivity index (χ2n) is 10.2. The summed E-state index contributed by atoms with van der Waals surface area (Å²) in [5.41, 5.74) is 1.25. The highest BCUT2D eigenvalue weighted by molar-refractivity contribution is 7.92. The highest BCUT2D eigenvalue weighted by Gasteiger charge is 2.35. The zero-order chi connectivity index (χ0) is 30.1. The lowest BCUT2D eigenvalue weighted by Gasteiger charge is -2.32. The molecule has 0 aliphatic carbocycles. The fraction of sp³-hybridized carbons (Fsp3) is 0.407. The average Bonchev–Trinajstić information content (AvgIpc) is 3.42. The minimum absolute atomic E-state index is 0.00160. The van der Waals surface area contributed by atoms with E-state index >= 15 is 0 Å². The molecule has 2 aliphatic heterocycles. The molecule has 3 aromatic rings. The van der Waals surface area contributed by atoms with Crippen LogP contribution in [0.2, 0.25) is 0 Å². The van der Waals surface area contributed by atoms with Crippen LogP contribution in [0, 0.1) is 0 Å². The third-order valence-corrected chi connectivity index (χ3v) is 8.57. The number of anilines is 4. The van der Waals surface area contributed by atoms with Crippen molar-refractivity contribution in [3.63, 3.8) is 0 Å². The monoisotopic (exact) mass is 611 g/mol. The number of fused-ring (bicyclic) bond motifs is 1. The summed E-state index contributed by atoms with van der Waals surface area (Å²) in [5, 5.41) is 12.4. The highest BCUT2D eigenvalue weighted by Crippen LogP contribution is 2.36. The Morgan fingerprint density at radius 3 is 2.43 bits per heavy atom. The SMILES string of the molecule is O=C(Nc1ccc(NS(=O)(=O)CCO)cc1N1CCC(=C(F)F)CC1)c1cc2ccoc2c(N2CCC(F)(F)CC2)n1. The minimum Gasteiger partial charge on any atom is -0.460 e. The molecule has 0 radical (unpaired) electrons. The fourth-order valence-electron chi connectivity index (χ4n) is 5.04. The van der Waals surface area contributed by atoms with Crippen molar-refractivity contribution in [2.75, 3.05) is 58.4 Å². The molecular weight excluding hydrogens is 582 g/mol. The number of hydrogen-bond donors (Lipinski definition) is 3. The smallest absolute Gasteiger partial charge is 0.274 e.